The molecule has 0 aliphatic rings. The predicted octanol–water partition coefficient (Wildman–Crippen LogP) is -0.537. The van der Waals surface area contributed by atoms with E-state index in [0.717, 1.165) is 0 Å². The Hall–Kier alpha value is 1.95. The van der Waals surface area contributed by atoms with Crippen LogP contribution >= 0.6 is 13.5 Å². The number of hydrogen-bond acceptors (Lipinski definition) is 1. The molecule has 0 aromatic carbocycles. The topological polar surface area (TPSA) is 20.2 Å². The molecule has 0 aromatic heterocycles. The molecule has 0 saturated heterocycles. The van der Waals surface area contributed by atoms with Crippen LogP contribution in [0.15, 0.2) is 0 Å². The van der Waals surface area contributed by atoms with E-state index in [2.05, 4.69) is 0 Å². The first-order valence-electron chi connectivity index (χ1n) is 1.02. The molecule has 5 heavy (non-hydrogen) atoms. The Morgan fingerprint density at radius 1 is 1.60 bits per heavy atom. The van der Waals surface area contributed by atoms with E-state index in [9.17, 15) is 0 Å². The van der Waals surface area contributed by atoms with E-state index in [-0.39, 0.29) is 71.5 Å². The van der Waals surface area contributed by atoms with Crippen molar-refractivity contribution in [3.05, 3.63) is 0 Å². The Bertz CT molecular complexity index is 9.61. The van der Waals surface area contributed by atoms with Crippen LogP contribution in [0.5, 0.6) is 0 Å². The first-order chi connectivity index (χ1) is 1.41. The molecule has 0 rings (SSSR count). The number of aliphatic hydroxyl groups excluding tert-OH is 1. The maximum atomic E-state index is 7.57. The summed E-state index contributed by atoms with van der Waals surface area (Å²) < 4.78 is 0. The maximum absolute atomic E-state index is 7.57. The Kier molecular flexibility index (Phi) is 52.9. The molecule has 0 unspecified atom stereocenters. The van der Waals surface area contributed by atoms with Crippen molar-refractivity contribution in [3.63, 3.8) is 0 Å². The van der Waals surface area contributed by atoms with Crippen LogP contribution in [0.1, 0.15) is 6.92 Å². The molecule has 0 heterocycles. The van der Waals surface area contributed by atoms with E-state index in [1.54, 1.807) is 6.92 Å². The molecule has 3 heteroatoms. The van der Waals surface area contributed by atoms with Crippen LogP contribution in [-0.2, 0) is 0 Å². The fourth-order valence-electron chi connectivity index (χ4n) is 0. The van der Waals surface area contributed by atoms with Crippen molar-refractivity contribution in [1.82, 2.24) is 0 Å². The van der Waals surface area contributed by atoms with Gasteiger partial charge in [-0.15, -0.1) is 0 Å². The van der Waals surface area contributed by atoms with Gasteiger partial charge in [0.25, 0.3) is 0 Å². The fraction of sp³-hybridized carbons (Fsp3) is 1.00. The van der Waals surface area contributed by atoms with Crippen LogP contribution in [0.25, 0.3) is 0 Å². The van der Waals surface area contributed by atoms with Gasteiger partial charge in [0.05, 0.1) is 0 Å². The Balaban J connectivity index is -0.0000000200. The Morgan fingerprint density at radius 3 is 1.60 bits per heavy atom. The molecule has 0 amide bonds. The summed E-state index contributed by atoms with van der Waals surface area (Å²) in [4.78, 5) is 0. The molecule has 0 atom stereocenters. The Morgan fingerprint density at radius 2 is 1.60 bits per heavy atom. The van der Waals surface area contributed by atoms with Crippen LogP contribution in [0.2, 0.25) is 0 Å². The van der Waals surface area contributed by atoms with E-state index in [0.29, 0.717) is 0 Å². The van der Waals surface area contributed by atoms with Crippen molar-refractivity contribution in [3.8, 4) is 0 Å². The molecule has 0 spiro atoms. The van der Waals surface area contributed by atoms with Gasteiger partial charge >= 0.3 is 51.4 Å². The zero-order chi connectivity index (χ0) is 2.71. The van der Waals surface area contributed by atoms with Gasteiger partial charge in [-0.25, -0.2) is 0 Å². The first kappa shape index (κ1) is 15.8. The summed E-state index contributed by atoms with van der Waals surface area (Å²) in [6.45, 7) is 1.93. The van der Waals surface area contributed by atoms with Crippen molar-refractivity contribution >= 4 is 64.9 Å². The van der Waals surface area contributed by atoms with Crippen molar-refractivity contribution in [2.24, 2.45) is 0 Å². The van der Waals surface area contributed by atoms with Crippen LogP contribution in [-0.4, -0.2) is 63.1 Å². The molecule has 30 valence electrons. The van der Waals surface area contributed by atoms with Gasteiger partial charge in [0, 0.05) is 6.61 Å². The minimum absolute atomic E-state index is 0. The molecule has 1 nitrogen and oxygen atoms in total. The van der Waals surface area contributed by atoms with Gasteiger partial charge in [-0.1, -0.05) is 0 Å². The standard InChI is InChI=1S/C2H6O.K.H2S.H/c1-2-3;;;/h3H,2H2,1H3;;1H2;. The van der Waals surface area contributed by atoms with Gasteiger partial charge in [0.15, 0.2) is 0 Å². The van der Waals surface area contributed by atoms with Crippen molar-refractivity contribution < 1.29 is 5.11 Å². The second-order valence-electron chi connectivity index (χ2n) is 0.316. The van der Waals surface area contributed by atoms with E-state index in [1.807, 2.05) is 0 Å². The van der Waals surface area contributed by atoms with E-state index >= 15 is 0 Å². The molecule has 0 saturated carbocycles. The average Bonchev–Trinajstić information content (AvgIpc) is 0.918. The van der Waals surface area contributed by atoms with E-state index < -0.39 is 0 Å². The van der Waals surface area contributed by atoms with Gasteiger partial charge in [-0.05, 0) is 6.92 Å². The summed E-state index contributed by atoms with van der Waals surface area (Å²) in [5, 5.41) is 7.57. The number of aliphatic hydroxyl groups is 1. The van der Waals surface area contributed by atoms with E-state index in [4.69, 9.17) is 5.11 Å². The third-order valence-corrected chi connectivity index (χ3v) is 0. The minimum atomic E-state index is 0. The summed E-state index contributed by atoms with van der Waals surface area (Å²) in [5.74, 6) is 0. The number of rotatable bonds is 0. The summed E-state index contributed by atoms with van der Waals surface area (Å²) in [7, 11) is 0. The van der Waals surface area contributed by atoms with Gasteiger partial charge in [0.1, 0.15) is 0 Å². The van der Waals surface area contributed by atoms with Crippen LogP contribution in [0.4, 0.5) is 0 Å². The molecule has 0 fully saturated rings. The van der Waals surface area contributed by atoms with Gasteiger partial charge < -0.3 is 5.11 Å². The van der Waals surface area contributed by atoms with Crippen LogP contribution in [0, 0.1) is 0 Å². The molecular formula is C2H9KOS. The molecule has 0 bridgehead atoms. The fourth-order valence-corrected chi connectivity index (χ4v) is 0. The summed E-state index contributed by atoms with van der Waals surface area (Å²) >= 11 is 0. The molecule has 0 aliphatic carbocycles. The molecule has 0 aliphatic heterocycles. The summed E-state index contributed by atoms with van der Waals surface area (Å²) in [5.41, 5.74) is 0. The SMILES string of the molecule is CCO.S.[KH]. The van der Waals surface area contributed by atoms with Gasteiger partial charge in [0.2, 0.25) is 0 Å². The normalized spacial score (nSPS) is 3.60. The molecule has 0 radical (unpaired) electrons. The van der Waals surface area contributed by atoms with E-state index in [1.165, 1.54) is 0 Å². The van der Waals surface area contributed by atoms with Crippen molar-refractivity contribution in [2.45, 2.75) is 6.92 Å². The quantitative estimate of drug-likeness (QED) is 0.426. The van der Waals surface area contributed by atoms with Crippen molar-refractivity contribution in [2.75, 3.05) is 6.61 Å². The molecular weight excluding hydrogens is 111 g/mol. The third-order valence-electron chi connectivity index (χ3n) is 0. The number of hydrogen-bond donors (Lipinski definition) is 1. The second kappa shape index (κ2) is 16.8. The summed E-state index contributed by atoms with van der Waals surface area (Å²) in [6.07, 6.45) is 0. The van der Waals surface area contributed by atoms with Crippen molar-refractivity contribution in [1.29, 1.82) is 0 Å². The van der Waals surface area contributed by atoms with Gasteiger partial charge in [-0.3, -0.25) is 0 Å². The second-order valence-corrected chi connectivity index (χ2v) is 0.316. The summed E-state index contributed by atoms with van der Waals surface area (Å²) in [6, 6.07) is 0. The Labute approximate surface area is 82.0 Å². The zero-order valence-electron chi connectivity index (χ0n) is 2.65. The van der Waals surface area contributed by atoms with Crippen LogP contribution in [0.3, 0.4) is 0 Å². The third kappa shape index (κ3) is 24.4. The zero-order valence-corrected chi connectivity index (χ0v) is 3.65. The monoisotopic (exact) mass is 120 g/mol. The van der Waals surface area contributed by atoms with Crippen LogP contribution < -0.4 is 0 Å². The molecule has 1 N–H and O–H groups in total. The average molecular weight is 120 g/mol. The first-order valence-corrected chi connectivity index (χ1v) is 1.02. The predicted molar refractivity (Wildman–Crippen MR) is 30.3 cm³/mol. The molecule has 0 aromatic rings. The van der Waals surface area contributed by atoms with Gasteiger partial charge in [-0.2, -0.15) is 13.5 Å².